The van der Waals surface area contributed by atoms with Gasteiger partial charge >= 0.3 is 11.9 Å². The lowest BCUT2D eigenvalue weighted by Crippen LogP contribution is -2.41. The highest BCUT2D eigenvalue weighted by atomic mass is 16.5. The van der Waals surface area contributed by atoms with Gasteiger partial charge in [0.1, 0.15) is 6.04 Å². The molecule has 0 aliphatic rings. The number of carbonyl (C=O) groups excluding carboxylic acids is 3. The molecular weight excluding hydrogens is 276 g/mol. The first-order valence-electron chi connectivity index (χ1n) is 6.11. The van der Waals surface area contributed by atoms with E-state index < -0.39 is 23.9 Å². The number of ether oxygens (including phenoxy) is 2. The fourth-order valence-corrected chi connectivity index (χ4v) is 1.46. The van der Waals surface area contributed by atoms with E-state index in [9.17, 15) is 14.4 Å². The Hall–Kier alpha value is -2.70. The molecule has 1 aromatic rings. The Morgan fingerprint density at radius 2 is 2.10 bits per heavy atom. The molecule has 1 aromatic heterocycles. The lowest BCUT2D eigenvalue weighted by atomic mass is 10.1. The Balaban J connectivity index is 2.70. The average molecular weight is 292 g/mol. The smallest absolute Gasteiger partial charge is 0.330 e. The van der Waals surface area contributed by atoms with Crippen LogP contribution in [0.3, 0.4) is 0 Å². The molecular formula is C14H16N2O5. The molecule has 0 aliphatic carbocycles. The van der Waals surface area contributed by atoms with Gasteiger partial charge in [-0.3, -0.25) is 9.78 Å². The van der Waals surface area contributed by atoms with Gasteiger partial charge in [-0.2, -0.15) is 0 Å². The highest BCUT2D eigenvalue weighted by Crippen LogP contribution is 2.02. The minimum absolute atomic E-state index is 0.105. The number of hydrogen-bond acceptors (Lipinski definition) is 6. The molecule has 21 heavy (non-hydrogen) atoms. The van der Waals surface area contributed by atoms with Crippen LogP contribution in [0.1, 0.15) is 16.8 Å². The van der Waals surface area contributed by atoms with Gasteiger partial charge < -0.3 is 14.8 Å². The van der Waals surface area contributed by atoms with Crippen molar-refractivity contribution >= 4 is 17.8 Å². The maximum absolute atomic E-state index is 12.0. The molecule has 0 fully saturated rings. The molecule has 7 heteroatoms. The minimum atomic E-state index is -0.899. The molecule has 7 nitrogen and oxygen atoms in total. The Labute approximate surface area is 122 Å². The summed E-state index contributed by atoms with van der Waals surface area (Å²) in [4.78, 5) is 38.4. The van der Waals surface area contributed by atoms with Crippen LogP contribution in [-0.4, -0.2) is 43.1 Å². The number of methoxy groups -OCH3 is 2. The third-order valence-electron chi connectivity index (χ3n) is 2.54. The first-order chi connectivity index (χ1) is 10.1. The van der Waals surface area contributed by atoms with E-state index in [-0.39, 0.29) is 6.42 Å². The summed E-state index contributed by atoms with van der Waals surface area (Å²) >= 11 is 0. The summed E-state index contributed by atoms with van der Waals surface area (Å²) in [7, 11) is 2.46. The molecule has 0 bridgehead atoms. The van der Waals surface area contributed by atoms with Crippen LogP contribution in [0.25, 0.3) is 0 Å². The van der Waals surface area contributed by atoms with Gasteiger partial charge in [-0.05, 0) is 18.6 Å². The molecule has 0 radical (unpaired) electrons. The van der Waals surface area contributed by atoms with E-state index in [4.69, 9.17) is 0 Å². The first kappa shape index (κ1) is 16.4. The zero-order chi connectivity index (χ0) is 15.7. The van der Waals surface area contributed by atoms with Gasteiger partial charge in [0.15, 0.2) is 0 Å². The highest BCUT2D eigenvalue weighted by molar-refractivity contribution is 5.96. The Kier molecular flexibility index (Phi) is 6.59. The molecule has 0 aromatic carbocycles. The fourth-order valence-electron chi connectivity index (χ4n) is 1.46. The SMILES string of the molecule is COC(=O)/C=C/C[C@H](NC(=O)c1cccnc1)C(=O)OC. The van der Waals surface area contributed by atoms with Gasteiger partial charge in [-0.1, -0.05) is 6.08 Å². The summed E-state index contributed by atoms with van der Waals surface area (Å²) < 4.78 is 9.05. The zero-order valence-electron chi connectivity index (χ0n) is 11.7. The average Bonchev–Trinajstić information content (AvgIpc) is 2.53. The highest BCUT2D eigenvalue weighted by Gasteiger charge is 2.21. The fraction of sp³-hybridized carbons (Fsp3) is 0.286. The quantitative estimate of drug-likeness (QED) is 0.605. The molecule has 1 heterocycles. The molecule has 0 unspecified atom stereocenters. The van der Waals surface area contributed by atoms with Gasteiger partial charge in [0.25, 0.3) is 5.91 Å². The van der Waals surface area contributed by atoms with Crippen molar-refractivity contribution in [3.8, 4) is 0 Å². The van der Waals surface area contributed by atoms with Gasteiger partial charge in [0.2, 0.25) is 0 Å². The number of carbonyl (C=O) groups is 3. The van der Waals surface area contributed by atoms with Crippen LogP contribution < -0.4 is 5.32 Å². The van der Waals surface area contributed by atoms with E-state index in [0.29, 0.717) is 5.56 Å². The van der Waals surface area contributed by atoms with Gasteiger partial charge in [-0.25, -0.2) is 9.59 Å². The lowest BCUT2D eigenvalue weighted by molar-refractivity contribution is -0.143. The number of hydrogen-bond donors (Lipinski definition) is 1. The summed E-state index contributed by atoms with van der Waals surface area (Å²) in [6, 6.07) is 2.28. The van der Waals surface area contributed by atoms with E-state index in [1.807, 2.05) is 0 Å². The van der Waals surface area contributed by atoms with Crippen molar-refractivity contribution in [3.05, 3.63) is 42.2 Å². The number of esters is 2. The lowest BCUT2D eigenvalue weighted by Gasteiger charge is -2.14. The summed E-state index contributed by atoms with van der Waals surface area (Å²) in [5.74, 6) is -1.61. The monoisotopic (exact) mass is 292 g/mol. The van der Waals surface area contributed by atoms with Crippen molar-refractivity contribution in [2.45, 2.75) is 12.5 Å². The maximum Gasteiger partial charge on any atom is 0.330 e. The van der Waals surface area contributed by atoms with Gasteiger partial charge in [0, 0.05) is 18.5 Å². The van der Waals surface area contributed by atoms with Crippen LogP contribution in [0.15, 0.2) is 36.7 Å². The van der Waals surface area contributed by atoms with Crippen LogP contribution in [0.2, 0.25) is 0 Å². The second-order valence-corrected chi connectivity index (χ2v) is 3.95. The Morgan fingerprint density at radius 1 is 1.33 bits per heavy atom. The normalized spacial score (nSPS) is 11.7. The van der Waals surface area contributed by atoms with E-state index in [2.05, 4.69) is 19.8 Å². The van der Waals surface area contributed by atoms with Crippen molar-refractivity contribution in [1.82, 2.24) is 10.3 Å². The zero-order valence-corrected chi connectivity index (χ0v) is 11.7. The van der Waals surface area contributed by atoms with Gasteiger partial charge in [0.05, 0.1) is 19.8 Å². The van der Waals surface area contributed by atoms with Crippen LogP contribution in [0.5, 0.6) is 0 Å². The maximum atomic E-state index is 12.0. The molecule has 0 aliphatic heterocycles. The van der Waals surface area contributed by atoms with Gasteiger partial charge in [-0.15, -0.1) is 0 Å². The van der Waals surface area contributed by atoms with E-state index in [1.54, 1.807) is 12.1 Å². The van der Waals surface area contributed by atoms with Crippen LogP contribution >= 0.6 is 0 Å². The molecule has 0 saturated heterocycles. The molecule has 1 N–H and O–H groups in total. The summed E-state index contributed by atoms with van der Waals surface area (Å²) in [6.07, 6.45) is 5.62. The summed E-state index contributed by atoms with van der Waals surface area (Å²) in [5, 5.41) is 2.52. The number of pyridine rings is 1. The van der Waals surface area contributed by atoms with Crippen molar-refractivity contribution in [1.29, 1.82) is 0 Å². The van der Waals surface area contributed by atoms with Crippen molar-refractivity contribution in [2.24, 2.45) is 0 Å². The number of nitrogens with zero attached hydrogens (tertiary/aromatic N) is 1. The number of rotatable bonds is 6. The van der Waals surface area contributed by atoms with Crippen molar-refractivity contribution < 1.29 is 23.9 Å². The summed E-state index contributed by atoms with van der Waals surface area (Å²) in [6.45, 7) is 0. The third-order valence-corrected chi connectivity index (χ3v) is 2.54. The van der Waals surface area contributed by atoms with E-state index in [1.165, 1.54) is 38.8 Å². The minimum Gasteiger partial charge on any atom is -0.467 e. The van der Waals surface area contributed by atoms with E-state index >= 15 is 0 Å². The third kappa shape index (κ3) is 5.43. The summed E-state index contributed by atoms with van der Waals surface area (Å²) in [5.41, 5.74) is 0.323. The Bertz CT molecular complexity index is 527. The molecule has 0 spiro atoms. The molecule has 0 saturated carbocycles. The molecule has 1 amide bonds. The standard InChI is InChI=1S/C14H16N2O5/c1-20-12(17)7-3-6-11(14(19)21-2)16-13(18)10-5-4-8-15-9-10/h3-5,7-9,11H,6H2,1-2H3,(H,16,18)/b7-3+/t11-/m0/s1. The molecule has 1 atom stereocenters. The molecule has 112 valence electrons. The van der Waals surface area contributed by atoms with Crippen LogP contribution in [0.4, 0.5) is 0 Å². The van der Waals surface area contributed by atoms with Crippen LogP contribution in [0, 0.1) is 0 Å². The predicted octanol–water partition coefficient (Wildman–Crippen LogP) is 0.472. The van der Waals surface area contributed by atoms with E-state index in [0.717, 1.165) is 0 Å². The number of amides is 1. The second kappa shape index (κ2) is 8.47. The second-order valence-electron chi connectivity index (χ2n) is 3.95. The number of nitrogens with one attached hydrogen (secondary N) is 1. The largest absolute Gasteiger partial charge is 0.467 e. The van der Waals surface area contributed by atoms with Crippen LogP contribution in [-0.2, 0) is 19.1 Å². The topological polar surface area (TPSA) is 94.6 Å². The van der Waals surface area contributed by atoms with Crippen molar-refractivity contribution in [3.63, 3.8) is 0 Å². The predicted molar refractivity (Wildman–Crippen MR) is 73.3 cm³/mol. The van der Waals surface area contributed by atoms with Crippen molar-refractivity contribution in [2.75, 3.05) is 14.2 Å². The number of aromatic nitrogens is 1. The first-order valence-corrected chi connectivity index (χ1v) is 6.11. The Morgan fingerprint density at radius 3 is 2.67 bits per heavy atom. The molecule has 1 rings (SSSR count).